The van der Waals surface area contributed by atoms with E-state index >= 15 is 0 Å². The molecule has 3 heteroatoms. The van der Waals surface area contributed by atoms with Crippen molar-refractivity contribution in [1.82, 2.24) is 4.57 Å². The third-order valence-corrected chi connectivity index (χ3v) is 10.9. The summed E-state index contributed by atoms with van der Waals surface area (Å²) in [7, 11) is 0. The van der Waals surface area contributed by atoms with Gasteiger partial charge in [0.1, 0.15) is 6.07 Å². The Hall–Kier alpha value is -7.15. The van der Waals surface area contributed by atoms with Crippen LogP contribution in [0.25, 0.3) is 38.6 Å². The Balaban J connectivity index is 1.24. The highest BCUT2D eigenvalue weighted by atomic mass is 15.2. The maximum Gasteiger partial charge on any atom is 0.101 e. The summed E-state index contributed by atoms with van der Waals surface area (Å²) < 4.78 is 2.37. The van der Waals surface area contributed by atoms with Crippen molar-refractivity contribution in [1.29, 1.82) is 5.26 Å². The largest absolute Gasteiger partial charge is 0.309 e. The number of fused-ring (bicyclic) bond motifs is 5. The molecule has 0 bridgehead atoms. The van der Waals surface area contributed by atoms with E-state index in [0.717, 1.165) is 56.0 Å². The van der Waals surface area contributed by atoms with Gasteiger partial charge in [-0.05, 0) is 70.3 Å². The standard InChI is InChI=1S/C50H33N3/c51-34-36-32-31-35(39-21-7-12-26-44(39)52-45-27-13-8-22-40(45)41-23-9-14-28-46(41)52)33-49(36)53-47-29-15-10-24-42(47)50(37-17-3-1-4-18-37,38-19-5-2-6-20-38)43-25-11-16-30-48(43)53/h1-33H. The average molecular weight is 676 g/mol. The van der Waals surface area contributed by atoms with E-state index in [9.17, 15) is 5.26 Å². The molecule has 0 radical (unpaired) electrons. The number of hydrogen-bond acceptors (Lipinski definition) is 2. The monoisotopic (exact) mass is 675 g/mol. The van der Waals surface area contributed by atoms with E-state index < -0.39 is 5.41 Å². The molecular formula is C50H33N3. The van der Waals surface area contributed by atoms with E-state index in [1.165, 1.54) is 21.9 Å². The fourth-order valence-corrected chi connectivity index (χ4v) is 8.74. The van der Waals surface area contributed by atoms with E-state index in [4.69, 9.17) is 0 Å². The van der Waals surface area contributed by atoms with Gasteiger partial charge in [-0.1, -0.05) is 158 Å². The summed E-state index contributed by atoms with van der Waals surface area (Å²) >= 11 is 0. The van der Waals surface area contributed by atoms with Crippen molar-refractivity contribution in [3.8, 4) is 22.9 Å². The minimum Gasteiger partial charge on any atom is -0.309 e. The van der Waals surface area contributed by atoms with Crippen LogP contribution in [0.1, 0.15) is 27.8 Å². The van der Waals surface area contributed by atoms with Crippen LogP contribution in [0.4, 0.5) is 17.1 Å². The second kappa shape index (κ2) is 12.3. The Labute approximate surface area is 308 Å². The molecule has 0 saturated heterocycles. The number of aromatic nitrogens is 1. The highest BCUT2D eigenvalue weighted by molar-refractivity contribution is 6.09. The van der Waals surface area contributed by atoms with Crippen LogP contribution in [0, 0.1) is 11.3 Å². The molecule has 3 nitrogen and oxygen atoms in total. The molecule has 8 aromatic carbocycles. The number of benzene rings is 8. The van der Waals surface area contributed by atoms with Crippen LogP contribution in [0.3, 0.4) is 0 Å². The minimum absolute atomic E-state index is 0.584. The molecule has 0 unspecified atom stereocenters. The van der Waals surface area contributed by atoms with Crippen molar-refractivity contribution < 1.29 is 0 Å². The Morgan fingerprint density at radius 3 is 1.45 bits per heavy atom. The average Bonchev–Trinajstić information content (AvgIpc) is 3.57. The van der Waals surface area contributed by atoms with Crippen molar-refractivity contribution in [2.75, 3.05) is 4.90 Å². The zero-order chi connectivity index (χ0) is 35.4. The first-order valence-corrected chi connectivity index (χ1v) is 18.0. The summed E-state index contributed by atoms with van der Waals surface area (Å²) in [5, 5.41) is 13.2. The number of para-hydroxylation sites is 5. The topological polar surface area (TPSA) is 32.0 Å². The summed E-state index contributed by atoms with van der Waals surface area (Å²) in [4.78, 5) is 2.31. The van der Waals surface area contributed by atoms with Gasteiger partial charge in [0, 0.05) is 16.3 Å². The SMILES string of the molecule is N#Cc1ccc(-c2ccccc2-n2c3ccccc3c3ccccc32)cc1N1c2ccccc2C(c2ccccc2)(c2ccccc2)c2ccccc21. The number of rotatable bonds is 5. The normalized spacial score (nSPS) is 13.0. The van der Waals surface area contributed by atoms with Crippen molar-refractivity contribution in [2.24, 2.45) is 0 Å². The van der Waals surface area contributed by atoms with Crippen molar-refractivity contribution >= 4 is 38.9 Å². The lowest BCUT2D eigenvalue weighted by atomic mass is 9.62. The fourth-order valence-electron chi connectivity index (χ4n) is 8.74. The lowest BCUT2D eigenvalue weighted by molar-refractivity contribution is 0.731. The van der Waals surface area contributed by atoms with Crippen LogP contribution in [0.5, 0.6) is 0 Å². The minimum atomic E-state index is -0.584. The fraction of sp³-hybridized carbons (Fsp3) is 0.0200. The smallest absolute Gasteiger partial charge is 0.101 e. The molecule has 10 rings (SSSR count). The number of anilines is 3. The van der Waals surface area contributed by atoms with Crippen LogP contribution >= 0.6 is 0 Å². The highest BCUT2D eigenvalue weighted by Crippen LogP contribution is 2.58. The first-order chi connectivity index (χ1) is 26.3. The third-order valence-electron chi connectivity index (χ3n) is 10.9. The van der Waals surface area contributed by atoms with Crippen LogP contribution in [0.15, 0.2) is 200 Å². The molecule has 1 aliphatic heterocycles. The maximum absolute atomic E-state index is 10.7. The first kappa shape index (κ1) is 30.7. The van der Waals surface area contributed by atoms with Gasteiger partial charge in [0.05, 0.1) is 44.8 Å². The van der Waals surface area contributed by atoms with Gasteiger partial charge in [-0.25, -0.2) is 0 Å². The van der Waals surface area contributed by atoms with Crippen molar-refractivity contribution in [3.05, 3.63) is 228 Å². The molecule has 1 aromatic heterocycles. The Morgan fingerprint density at radius 2 is 0.887 bits per heavy atom. The molecule has 0 amide bonds. The molecule has 1 aliphatic rings. The van der Waals surface area contributed by atoms with Crippen LogP contribution < -0.4 is 4.90 Å². The summed E-state index contributed by atoms with van der Waals surface area (Å²) in [6.07, 6.45) is 0. The van der Waals surface area contributed by atoms with Gasteiger partial charge in [-0.2, -0.15) is 5.26 Å². The lowest BCUT2D eigenvalue weighted by Crippen LogP contribution is -2.37. The molecule has 2 heterocycles. The molecule has 0 N–H and O–H groups in total. The summed E-state index contributed by atoms with van der Waals surface area (Å²) in [5.74, 6) is 0. The molecule has 0 fully saturated rings. The summed E-state index contributed by atoms with van der Waals surface area (Å²) in [6, 6.07) is 73.7. The zero-order valence-electron chi connectivity index (χ0n) is 28.9. The molecule has 248 valence electrons. The van der Waals surface area contributed by atoms with Crippen LogP contribution in [-0.4, -0.2) is 4.57 Å². The van der Waals surface area contributed by atoms with E-state index in [2.05, 4.69) is 210 Å². The zero-order valence-corrected chi connectivity index (χ0v) is 28.9. The lowest BCUT2D eigenvalue weighted by Gasteiger charge is -2.46. The Morgan fingerprint density at radius 1 is 0.415 bits per heavy atom. The van der Waals surface area contributed by atoms with Crippen LogP contribution in [0.2, 0.25) is 0 Å². The predicted molar refractivity (Wildman–Crippen MR) is 217 cm³/mol. The molecule has 0 atom stereocenters. The summed E-state index contributed by atoms with van der Waals surface area (Å²) in [6.45, 7) is 0. The molecule has 0 aliphatic carbocycles. The molecule has 53 heavy (non-hydrogen) atoms. The van der Waals surface area contributed by atoms with Gasteiger partial charge in [-0.3, -0.25) is 0 Å². The third kappa shape index (κ3) is 4.53. The second-order valence-electron chi connectivity index (χ2n) is 13.6. The van der Waals surface area contributed by atoms with E-state index in [1.54, 1.807) is 0 Å². The van der Waals surface area contributed by atoms with Gasteiger partial charge in [0.25, 0.3) is 0 Å². The van der Waals surface area contributed by atoms with Crippen LogP contribution in [-0.2, 0) is 5.41 Å². The Bertz CT molecular complexity index is 2720. The predicted octanol–water partition coefficient (Wildman–Crippen LogP) is 12.5. The quantitative estimate of drug-likeness (QED) is 0.182. The van der Waals surface area contributed by atoms with E-state index in [1.807, 2.05) is 6.07 Å². The van der Waals surface area contributed by atoms with Crippen molar-refractivity contribution in [3.63, 3.8) is 0 Å². The Kier molecular flexibility index (Phi) is 7.09. The highest BCUT2D eigenvalue weighted by Gasteiger charge is 2.46. The molecule has 9 aromatic rings. The molecule has 0 saturated carbocycles. The van der Waals surface area contributed by atoms with Gasteiger partial charge in [0.15, 0.2) is 0 Å². The summed E-state index contributed by atoms with van der Waals surface area (Å²) in [5.41, 5.74) is 13.2. The van der Waals surface area contributed by atoms with Gasteiger partial charge >= 0.3 is 0 Å². The number of nitrogens with zero attached hydrogens (tertiary/aromatic N) is 3. The maximum atomic E-state index is 10.7. The van der Waals surface area contributed by atoms with Gasteiger partial charge in [-0.15, -0.1) is 0 Å². The van der Waals surface area contributed by atoms with Crippen molar-refractivity contribution in [2.45, 2.75) is 5.41 Å². The number of hydrogen-bond donors (Lipinski definition) is 0. The molecular weight excluding hydrogens is 643 g/mol. The number of nitriles is 1. The van der Waals surface area contributed by atoms with E-state index in [-0.39, 0.29) is 0 Å². The first-order valence-electron chi connectivity index (χ1n) is 18.0. The van der Waals surface area contributed by atoms with E-state index in [0.29, 0.717) is 5.56 Å². The second-order valence-corrected chi connectivity index (χ2v) is 13.6. The van der Waals surface area contributed by atoms with Gasteiger partial charge in [0.2, 0.25) is 0 Å². The van der Waals surface area contributed by atoms with Gasteiger partial charge < -0.3 is 9.47 Å². The molecule has 0 spiro atoms.